The maximum absolute atomic E-state index is 14.4. The van der Waals surface area contributed by atoms with Gasteiger partial charge in [-0.3, -0.25) is 4.90 Å². The summed E-state index contributed by atoms with van der Waals surface area (Å²) in [5.41, 5.74) is 4.59. The second kappa shape index (κ2) is 12.0. The van der Waals surface area contributed by atoms with Gasteiger partial charge in [-0.15, -0.1) is 0 Å². The quantitative estimate of drug-likeness (QED) is 0.310. The summed E-state index contributed by atoms with van der Waals surface area (Å²) < 4.78 is 25.7. The van der Waals surface area contributed by atoms with E-state index < -0.39 is 29.1 Å². The number of piperidine rings is 1. The Kier molecular flexibility index (Phi) is 8.98. The maximum atomic E-state index is 14.4. The lowest BCUT2D eigenvalue weighted by atomic mass is 9.73. The van der Waals surface area contributed by atoms with Gasteiger partial charge in [0.05, 0.1) is 17.2 Å². The standard InChI is InChI=1S/C29H39FN2O5/c1-36-16-7-6-14-29(35,22-10-2-4-12-26(22)37-27-13-5-3-11-23(27)30)21-9-8-15-32(19-21)28(20-33)17-24(31)25(34)18-28/h2-5,10-13,20-21,24-25,34-35H,6-9,14-19,31H2,1H3/t21-,24-,25+,28+,29+/m1/s1. The maximum Gasteiger partial charge on any atom is 0.165 e. The Morgan fingerprint density at radius 1 is 1.16 bits per heavy atom. The van der Waals surface area contributed by atoms with Crippen LogP contribution < -0.4 is 10.5 Å². The number of aliphatic hydroxyl groups excluding tert-OH is 1. The predicted octanol–water partition coefficient (Wildman–Crippen LogP) is 3.75. The van der Waals surface area contributed by atoms with E-state index in [-0.39, 0.29) is 11.7 Å². The number of unbranched alkanes of at least 4 members (excludes halogenated alkanes) is 1. The highest BCUT2D eigenvalue weighted by Gasteiger charge is 2.51. The van der Waals surface area contributed by atoms with Crippen molar-refractivity contribution in [3.8, 4) is 11.5 Å². The summed E-state index contributed by atoms with van der Waals surface area (Å²) in [4.78, 5) is 14.4. The molecule has 2 aliphatic rings. The van der Waals surface area contributed by atoms with Gasteiger partial charge in [0.15, 0.2) is 11.6 Å². The fourth-order valence-corrected chi connectivity index (χ4v) is 6.10. The molecule has 7 nitrogen and oxygen atoms in total. The molecule has 0 bridgehead atoms. The van der Waals surface area contributed by atoms with Crippen LogP contribution in [-0.2, 0) is 15.1 Å². The zero-order valence-electron chi connectivity index (χ0n) is 21.5. The second-order valence-electron chi connectivity index (χ2n) is 10.5. The highest BCUT2D eigenvalue weighted by atomic mass is 19.1. The minimum atomic E-state index is -1.28. The van der Waals surface area contributed by atoms with Gasteiger partial charge >= 0.3 is 0 Å². The molecule has 1 heterocycles. The number of aliphatic hydroxyl groups is 2. The number of nitrogens with zero attached hydrogens (tertiary/aromatic N) is 1. The molecule has 1 aliphatic heterocycles. The summed E-state index contributed by atoms with van der Waals surface area (Å²) in [6.07, 6.45) is 4.40. The molecule has 0 radical (unpaired) electrons. The van der Waals surface area contributed by atoms with Crippen molar-refractivity contribution in [2.45, 2.75) is 68.2 Å². The number of hydrogen-bond acceptors (Lipinski definition) is 7. The Morgan fingerprint density at radius 3 is 2.57 bits per heavy atom. The Hall–Kier alpha value is -2.36. The monoisotopic (exact) mass is 514 g/mol. The molecule has 0 unspecified atom stereocenters. The SMILES string of the molecule is COCCCC[C@@](O)(c1ccccc1Oc1ccccc1F)[C@@H]1CCCN([C@@]2(C=O)C[C@@H](N)[C@@H](O)C2)C1. The first-order valence-corrected chi connectivity index (χ1v) is 13.2. The summed E-state index contributed by atoms with van der Waals surface area (Å²) in [5.74, 6) is -0.188. The first-order valence-electron chi connectivity index (χ1n) is 13.2. The van der Waals surface area contributed by atoms with Crippen molar-refractivity contribution in [1.29, 1.82) is 0 Å². The minimum Gasteiger partial charge on any atom is -0.454 e. The van der Waals surface area contributed by atoms with Crippen molar-refractivity contribution in [3.63, 3.8) is 0 Å². The van der Waals surface area contributed by atoms with Gasteiger partial charge in [0, 0.05) is 44.2 Å². The first kappa shape index (κ1) is 27.7. The Bertz CT molecular complexity index is 1040. The van der Waals surface area contributed by atoms with Crippen LogP contribution in [0.4, 0.5) is 4.39 Å². The van der Waals surface area contributed by atoms with Crippen LogP contribution in [0.1, 0.15) is 50.5 Å². The molecule has 1 saturated heterocycles. The van der Waals surface area contributed by atoms with Crippen LogP contribution in [0.5, 0.6) is 11.5 Å². The molecule has 2 aromatic rings. The van der Waals surface area contributed by atoms with Crippen molar-refractivity contribution >= 4 is 6.29 Å². The zero-order chi connectivity index (χ0) is 26.5. The van der Waals surface area contributed by atoms with E-state index in [2.05, 4.69) is 4.90 Å². The topological polar surface area (TPSA) is 105 Å². The van der Waals surface area contributed by atoms with Crippen molar-refractivity contribution < 1.29 is 28.9 Å². The number of likely N-dealkylation sites (tertiary alicyclic amines) is 1. The molecule has 0 aromatic heterocycles. The van der Waals surface area contributed by atoms with Gasteiger partial charge in [0.25, 0.3) is 0 Å². The highest BCUT2D eigenvalue weighted by molar-refractivity contribution is 5.65. The molecule has 8 heteroatoms. The first-order chi connectivity index (χ1) is 17.8. The molecule has 37 heavy (non-hydrogen) atoms. The number of aldehydes is 1. The predicted molar refractivity (Wildman–Crippen MR) is 139 cm³/mol. The van der Waals surface area contributed by atoms with Gasteiger partial charge in [-0.1, -0.05) is 30.3 Å². The summed E-state index contributed by atoms with van der Waals surface area (Å²) in [5, 5.41) is 22.8. The molecule has 0 amide bonds. The van der Waals surface area contributed by atoms with Crippen LogP contribution in [-0.4, -0.2) is 65.9 Å². The number of carbonyl (C=O) groups excluding carboxylic acids is 1. The average Bonchev–Trinajstić information content (AvgIpc) is 3.22. The molecule has 1 aliphatic carbocycles. The van der Waals surface area contributed by atoms with E-state index >= 15 is 0 Å². The van der Waals surface area contributed by atoms with Gasteiger partial charge in [-0.05, 0) is 63.3 Å². The third-order valence-electron chi connectivity index (χ3n) is 8.16. The van der Waals surface area contributed by atoms with Gasteiger partial charge < -0.3 is 30.2 Å². The lowest BCUT2D eigenvalue weighted by Gasteiger charge is -2.47. The summed E-state index contributed by atoms with van der Waals surface area (Å²) >= 11 is 0. The lowest BCUT2D eigenvalue weighted by Crippen LogP contribution is -2.56. The molecule has 2 aromatic carbocycles. The third kappa shape index (κ3) is 5.89. The van der Waals surface area contributed by atoms with Crippen molar-refractivity contribution in [3.05, 3.63) is 59.9 Å². The van der Waals surface area contributed by atoms with E-state index in [4.69, 9.17) is 15.2 Å². The number of ether oxygens (including phenoxy) is 2. The van der Waals surface area contributed by atoms with Crippen LogP contribution in [0.25, 0.3) is 0 Å². The fraction of sp³-hybridized carbons (Fsp3) is 0.552. The molecule has 2 fully saturated rings. The van der Waals surface area contributed by atoms with Gasteiger partial charge in [-0.25, -0.2) is 4.39 Å². The van der Waals surface area contributed by atoms with Gasteiger partial charge in [0.1, 0.15) is 12.0 Å². The molecule has 4 rings (SSSR count). The van der Waals surface area contributed by atoms with Crippen LogP contribution in [0.2, 0.25) is 0 Å². The van der Waals surface area contributed by atoms with E-state index in [0.29, 0.717) is 50.3 Å². The van der Waals surface area contributed by atoms with Crippen LogP contribution in [0, 0.1) is 11.7 Å². The molecule has 1 saturated carbocycles. The Labute approximate surface area is 218 Å². The molecule has 4 N–H and O–H groups in total. The van der Waals surface area contributed by atoms with Gasteiger partial charge in [-0.2, -0.15) is 0 Å². The molecule has 0 spiro atoms. The normalized spacial score (nSPS) is 28.1. The van der Waals surface area contributed by atoms with Crippen LogP contribution in [0.15, 0.2) is 48.5 Å². The number of nitrogens with two attached hydrogens (primary N) is 1. The summed E-state index contributed by atoms with van der Waals surface area (Å²) in [6.45, 7) is 1.76. The molecular weight excluding hydrogens is 475 g/mol. The molecule has 202 valence electrons. The van der Waals surface area contributed by atoms with Crippen molar-refractivity contribution in [1.82, 2.24) is 4.90 Å². The number of hydrogen-bond donors (Lipinski definition) is 3. The number of rotatable bonds is 11. The molecule has 5 atom stereocenters. The second-order valence-corrected chi connectivity index (χ2v) is 10.5. The van der Waals surface area contributed by atoms with Crippen LogP contribution in [0.3, 0.4) is 0 Å². The van der Waals surface area contributed by atoms with Crippen molar-refractivity contribution in [2.24, 2.45) is 11.7 Å². The zero-order valence-corrected chi connectivity index (χ0v) is 21.5. The van der Waals surface area contributed by atoms with E-state index in [1.165, 1.54) is 6.07 Å². The highest BCUT2D eigenvalue weighted by Crippen LogP contribution is 2.46. The third-order valence-corrected chi connectivity index (χ3v) is 8.16. The van der Waals surface area contributed by atoms with E-state index in [1.54, 1.807) is 37.4 Å². The van der Waals surface area contributed by atoms with E-state index in [9.17, 15) is 19.4 Å². The lowest BCUT2D eigenvalue weighted by molar-refractivity contribution is -0.125. The fourth-order valence-electron chi connectivity index (χ4n) is 6.10. The number of benzene rings is 2. The Balaban J connectivity index is 1.67. The largest absolute Gasteiger partial charge is 0.454 e. The average molecular weight is 515 g/mol. The number of halogens is 1. The van der Waals surface area contributed by atoms with Crippen molar-refractivity contribution in [2.75, 3.05) is 26.8 Å². The summed E-state index contributed by atoms with van der Waals surface area (Å²) in [7, 11) is 1.66. The van der Waals surface area contributed by atoms with Crippen LogP contribution >= 0.6 is 0 Å². The number of para-hydroxylation sites is 2. The molecular formula is C29H39FN2O5. The summed E-state index contributed by atoms with van der Waals surface area (Å²) in [6, 6.07) is 13.0. The smallest absolute Gasteiger partial charge is 0.165 e. The number of methoxy groups -OCH3 is 1. The minimum absolute atomic E-state index is 0.0933. The number of carbonyl (C=O) groups is 1. The van der Waals surface area contributed by atoms with E-state index in [0.717, 1.165) is 32.0 Å². The van der Waals surface area contributed by atoms with E-state index in [1.807, 2.05) is 12.1 Å². The Morgan fingerprint density at radius 2 is 1.89 bits per heavy atom. The van der Waals surface area contributed by atoms with Gasteiger partial charge in [0.2, 0.25) is 0 Å².